The SMILES string of the molecule is CCCc1nc(N(C)C2CCN(C)CC2)sc1C=O. The Labute approximate surface area is 119 Å². The number of thiazole rings is 1. The Balaban J connectivity index is 2.10. The molecule has 1 aliphatic heterocycles. The highest BCUT2D eigenvalue weighted by Gasteiger charge is 2.23. The molecule has 1 fully saturated rings. The van der Waals surface area contributed by atoms with E-state index in [-0.39, 0.29) is 0 Å². The van der Waals surface area contributed by atoms with Gasteiger partial charge in [-0.15, -0.1) is 0 Å². The Morgan fingerprint density at radius 1 is 1.47 bits per heavy atom. The summed E-state index contributed by atoms with van der Waals surface area (Å²) in [5.74, 6) is 0. The summed E-state index contributed by atoms with van der Waals surface area (Å²) >= 11 is 1.54. The number of carbonyl (C=O) groups excluding carboxylic acids is 1. The minimum Gasteiger partial charge on any atom is -0.348 e. The number of aromatic nitrogens is 1. The summed E-state index contributed by atoms with van der Waals surface area (Å²) in [5.41, 5.74) is 0.970. The number of nitrogens with zero attached hydrogens (tertiary/aromatic N) is 3. The van der Waals surface area contributed by atoms with Gasteiger partial charge in [-0.2, -0.15) is 0 Å². The number of hydrogen-bond acceptors (Lipinski definition) is 5. The van der Waals surface area contributed by atoms with Crippen molar-refractivity contribution in [2.24, 2.45) is 0 Å². The molecule has 0 atom stereocenters. The zero-order valence-electron chi connectivity index (χ0n) is 12.1. The molecule has 0 unspecified atom stereocenters. The van der Waals surface area contributed by atoms with E-state index in [1.807, 2.05) is 0 Å². The molecule has 2 heterocycles. The van der Waals surface area contributed by atoms with E-state index in [1.165, 1.54) is 24.2 Å². The van der Waals surface area contributed by atoms with Gasteiger partial charge in [-0.05, 0) is 39.4 Å². The van der Waals surface area contributed by atoms with Gasteiger partial charge in [0, 0.05) is 13.1 Å². The summed E-state index contributed by atoms with van der Waals surface area (Å²) in [6, 6.07) is 0.552. The molecule has 106 valence electrons. The molecule has 0 aliphatic carbocycles. The van der Waals surface area contributed by atoms with Crippen LogP contribution in [0, 0.1) is 0 Å². The predicted octanol–water partition coefficient (Wildman–Crippen LogP) is 2.44. The lowest BCUT2D eigenvalue weighted by Crippen LogP contribution is -2.41. The van der Waals surface area contributed by atoms with E-state index in [2.05, 4.69) is 35.8 Å². The molecular weight excluding hydrogens is 258 g/mol. The fraction of sp³-hybridized carbons (Fsp3) is 0.714. The minimum absolute atomic E-state index is 0.552. The van der Waals surface area contributed by atoms with Crippen molar-refractivity contribution in [1.29, 1.82) is 0 Å². The van der Waals surface area contributed by atoms with Crippen molar-refractivity contribution in [2.75, 3.05) is 32.1 Å². The van der Waals surface area contributed by atoms with Gasteiger partial charge < -0.3 is 9.80 Å². The molecule has 1 aromatic rings. The number of anilines is 1. The molecule has 0 radical (unpaired) electrons. The first kappa shape index (κ1) is 14.5. The van der Waals surface area contributed by atoms with Crippen LogP contribution in [0.1, 0.15) is 41.6 Å². The zero-order chi connectivity index (χ0) is 13.8. The number of piperidine rings is 1. The average molecular weight is 281 g/mol. The van der Waals surface area contributed by atoms with Crippen LogP contribution in [0.2, 0.25) is 0 Å². The molecule has 1 saturated heterocycles. The van der Waals surface area contributed by atoms with Gasteiger partial charge in [0.25, 0.3) is 0 Å². The highest BCUT2D eigenvalue weighted by atomic mass is 32.1. The van der Waals surface area contributed by atoms with Gasteiger partial charge in [0.1, 0.15) is 0 Å². The highest BCUT2D eigenvalue weighted by molar-refractivity contribution is 7.17. The first-order valence-corrected chi connectivity index (χ1v) is 7.83. The third kappa shape index (κ3) is 3.34. The molecule has 19 heavy (non-hydrogen) atoms. The van der Waals surface area contributed by atoms with Crippen LogP contribution in [0.3, 0.4) is 0 Å². The molecule has 1 aliphatic rings. The van der Waals surface area contributed by atoms with Crippen molar-refractivity contribution in [3.8, 4) is 0 Å². The van der Waals surface area contributed by atoms with Crippen LogP contribution in [-0.4, -0.2) is 49.4 Å². The van der Waals surface area contributed by atoms with Crippen molar-refractivity contribution in [1.82, 2.24) is 9.88 Å². The summed E-state index contributed by atoms with van der Waals surface area (Å²) in [6.45, 7) is 4.40. The Kier molecular flexibility index (Phi) is 4.93. The zero-order valence-corrected chi connectivity index (χ0v) is 12.9. The van der Waals surface area contributed by atoms with Crippen molar-refractivity contribution in [3.63, 3.8) is 0 Å². The molecule has 0 bridgehead atoms. The first-order valence-electron chi connectivity index (χ1n) is 7.02. The number of likely N-dealkylation sites (tertiary alicyclic amines) is 1. The van der Waals surface area contributed by atoms with Gasteiger partial charge in [-0.25, -0.2) is 4.98 Å². The lowest BCUT2D eigenvalue weighted by atomic mass is 10.0. The lowest BCUT2D eigenvalue weighted by Gasteiger charge is -2.34. The van der Waals surface area contributed by atoms with Crippen molar-refractivity contribution < 1.29 is 4.79 Å². The van der Waals surface area contributed by atoms with Gasteiger partial charge in [0.05, 0.1) is 10.6 Å². The molecule has 0 amide bonds. The average Bonchev–Trinajstić information content (AvgIpc) is 2.82. The predicted molar refractivity (Wildman–Crippen MR) is 80.4 cm³/mol. The standard InChI is InChI=1S/C14H23N3OS/c1-4-5-12-13(10-18)19-14(15-12)17(3)11-6-8-16(2)9-7-11/h10-11H,4-9H2,1-3H3. The maximum Gasteiger partial charge on any atom is 0.186 e. The van der Waals surface area contributed by atoms with Crippen molar-refractivity contribution in [2.45, 2.75) is 38.6 Å². The van der Waals surface area contributed by atoms with Crippen LogP contribution in [0.4, 0.5) is 5.13 Å². The van der Waals surface area contributed by atoms with Crippen LogP contribution in [-0.2, 0) is 6.42 Å². The topological polar surface area (TPSA) is 36.4 Å². The van der Waals surface area contributed by atoms with E-state index < -0.39 is 0 Å². The molecule has 0 N–H and O–H groups in total. The molecule has 0 spiro atoms. The van der Waals surface area contributed by atoms with Crippen LogP contribution >= 0.6 is 11.3 Å². The molecular formula is C14H23N3OS. The first-order chi connectivity index (χ1) is 9.15. The van der Waals surface area contributed by atoms with E-state index in [9.17, 15) is 4.79 Å². The maximum atomic E-state index is 11.1. The molecule has 1 aromatic heterocycles. The second-order valence-electron chi connectivity index (χ2n) is 5.32. The lowest BCUT2D eigenvalue weighted by molar-refractivity contribution is 0.112. The van der Waals surface area contributed by atoms with Gasteiger partial charge in [0.15, 0.2) is 11.4 Å². The summed E-state index contributed by atoms with van der Waals surface area (Å²) < 4.78 is 0. The van der Waals surface area contributed by atoms with Gasteiger partial charge in [0.2, 0.25) is 0 Å². The number of hydrogen-bond donors (Lipinski definition) is 0. The Morgan fingerprint density at radius 2 is 2.16 bits per heavy atom. The van der Waals surface area contributed by atoms with E-state index in [0.29, 0.717) is 6.04 Å². The summed E-state index contributed by atoms with van der Waals surface area (Å²) in [4.78, 5) is 21.2. The fourth-order valence-electron chi connectivity index (χ4n) is 2.55. The normalized spacial score (nSPS) is 17.6. The fourth-order valence-corrected chi connectivity index (χ4v) is 3.51. The summed E-state index contributed by atoms with van der Waals surface area (Å²) in [6.07, 6.45) is 5.22. The van der Waals surface area contributed by atoms with Crippen LogP contribution < -0.4 is 4.90 Å². The monoisotopic (exact) mass is 281 g/mol. The van der Waals surface area contributed by atoms with E-state index in [0.717, 1.165) is 47.9 Å². The van der Waals surface area contributed by atoms with E-state index in [1.54, 1.807) is 0 Å². The van der Waals surface area contributed by atoms with E-state index in [4.69, 9.17) is 0 Å². The number of carbonyl (C=O) groups is 1. The smallest absolute Gasteiger partial charge is 0.186 e. The van der Waals surface area contributed by atoms with Crippen molar-refractivity contribution in [3.05, 3.63) is 10.6 Å². The second kappa shape index (κ2) is 6.48. The van der Waals surface area contributed by atoms with E-state index >= 15 is 0 Å². The number of aldehydes is 1. The summed E-state index contributed by atoms with van der Waals surface area (Å²) in [5, 5.41) is 1.00. The Hall–Kier alpha value is -0.940. The van der Waals surface area contributed by atoms with Gasteiger partial charge >= 0.3 is 0 Å². The Bertz CT molecular complexity index is 424. The summed E-state index contributed by atoms with van der Waals surface area (Å²) in [7, 11) is 4.28. The largest absolute Gasteiger partial charge is 0.348 e. The third-order valence-electron chi connectivity index (χ3n) is 3.85. The molecule has 0 saturated carbocycles. The molecule has 0 aromatic carbocycles. The number of rotatable bonds is 5. The van der Waals surface area contributed by atoms with Gasteiger partial charge in [-0.1, -0.05) is 24.7 Å². The highest BCUT2D eigenvalue weighted by Crippen LogP contribution is 2.28. The van der Waals surface area contributed by atoms with Crippen LogP contribution in [0.25, 0.3) is 0 Å². The maximum absolute atomic E-state index is 11.1. The third-order valence-corrected chi connectivity index (χ3v) is 4.96. The second-order valence-corrected chi connectivity index (χ2v) is 6.33. The van der Waals surface area contributed by atoms with Crippen molar-refractivity contribution >= 4 is 22.8 Å². The van der Waals surface area contributed by atoms with Gasteiger partial charge in [-0.3, -0.25) is 4.79 Å². The Morgan fingerprint density at radius 3 is 2.74 bits per heavy atom. The molecule has 5 heteroatoms. The molecule has 4 nitrogen and oxygen atoms in total. The minimum atomic E-state index is 0.552. The van der Waals surface area contributed by atoms with Crippen LogP contribution in [0.5, 0.6) is 0 Å². The molecule has 2 rings (SSSR count). The van der Waals surface area contributed by atoms with Crippen LogP contribution in [0.15, 0.2) is 0 Å². The quantitative estimate of drug-likeness (QED) is 0.777. The number of aryl methyl sites for hydroxylation is 1.